The van der Waals surface area contributed by atoms with Gasteiger partial charge in [-0.1, -0.05) is 36.4 Å². The van der Waals surface area contributed by atoms with Crippen molar-refractivity contribution >= 4 is 5.69 Å². The molecule has 0 amide bonds. The fraction of sp³-hybridized carbons (Fsp3) is 0.455. The van der Waals surface area contributed by atoms with E-state index in [0.29, 0.717) is 25.7 Å². The molecule has 1 N–H and O–H groups in total. The normalized spacial score (nSPS) is 18.6. The SMILES string of the molecule is COCCCN1CCOc2ccc(CO[C@H]3CNCC[C@@H]3c3ccc(OCCCOc4ccccc4)cc3)cc21. The van der Waals surface area contributed by atoms with Crippen LogP contribution < -0.4 is 24.4 Å². The lowest BCUT2D eigenvalue weighted by atomic mass is 9.87. The van der Waals surface area contributed by atoms with E-state index in [1.165, 1.54) is 11.1 Å². The molecule has 0 unspecified atom stereocenters. The Hall–Kier alpha value is -3.26. The van der Waals surface area contributed by atoms with Crippen LogP contribution in [0.1, 0.15) is 36.3 Å². The molecule has 0 radical (unpaired) electrons. The number of hydrogen-bond acceptors (Lipinski definition) is 7. The van der Waals surface area contributed by atoms with Crippen LogP contribution in [0.5, 0.6) is 17.2 Å². The van der Waals surface area contributed by atoms with Gasteiger partial charge in [0.2, 0.25) is 0 Å². The molecule has 1 saturated heterocycles. The van der Waals surface area contributed by atoms with Crippen LogP contribution in [0.3, 0.4) is 0 Å². The van der Waals surface area contributed by atoms with Crippen LogP contribution in [0.2, 0.25) is 0 Å². The maximum Gasteiger partial charge on any atom is 0.142 e. The van der Waals surface area contributed by atoms with Crippen molar-refractivity contribution in [1.29, 1.82) is 0 Å². The third kappa shape index (κ3) is 7.90. The van der Waals surface area contributed by atoms with Crippen molar-refractivity contribution < 1.29 is 23.7 Å². The number of methoxy groups -OCH3 is 1. The number of nitrogens with one attached hydrogen (secondary N) is 1. The van der Waals surface area contributed by atoms with Crippen molar-refractivity contribution in [2.75, 3.05) is 64.6 Å². The minimum Gasteiger partial charge on any atom is -0.493 e. The Labute approximate surface area is 238 Å². The zero-order valence-corrected chi connectivity index (χ0v) is 23.6. The van der Waals surface area contributed by atoms with Crippen LogP contribution in [-0.2, 0) is 16.1 Å². The van der Waals surface area contributed by atoms with Gasteiger partial charge in [0, 0.05) is 39.1 Å². The highest BCUT2D eigenvalue weighted by Gasteiger charge is 2.27. The monoisotopic (exact) mass is 546 g/mol. The van der Waals surface area contributed by atoms with E-state index in [-0.39, 0.29) is 6.10 Å². The highest BCUT2D eigenvalue weighted by molar-refractivity contribution is 5.61. The molecule has 214 valence electrons. The summed E-state index contributed by atoms with van der Waals surface area (Å²) in [4.78, 5) is 2.40. The van der Waals surface area contributed by atoms with Crippen molar-refractivity contribution in [2.45, 2.75) is 37.9 Å². The number of para-hydroxylation sites is 1. The first-order valence-electron chi connectivity index (χ1n) is 14.5. The molecule has 3 aromatic rings. The second-order valence-corrected chi connectivity index (χ2v) is 10.4. The van der Waals surface area contributed by atoms with Gasteiger partial charge in [-0.25, -0.2) is 0 Å². The van der Waals surface area contributed by atoms with Gasteiger partial charge in [0.25, 0.3) is 0 Å². The molecule has 1 fully saturated rings. The Kier molecular flexibility index (Phi) is 10.6. The summed E-state index contributed by atoms with van der Waals surface area (Å²) in [5.74, 6) is 3.09. The summed E-state index contributed by atoms with van der Waals surface area (Å²) in [6.07, 6.45) is 2.99. The number of piperidine rings is 1. The van der Waals surface area contributed by atoms with Gasteiger partial charge in [-0.15, -0.1) is 0 Å². The highest BCUT2D eigenvalue weighted by atomic mass is 16.5. The minimum absolute atomic E-state index is 0.112. The molecular weight excluding hydrogens is 504 g/mol. The van der Waals surface area contributed by atoms with E-state index >= 15 is 0 Å². The maximum atomic E-state index is 6.53. The summed E-state index contributed by atoms with van der Waals surface area (Å²) in [6, 6.07) is 24.9. The van der Waals surface area contributed by atoms with Crippen LogP contribution in [0, 0.1) is 0 Å². The van der Waals surface area contributed by atoms with Gasteiger partial charge < -0.3 is 33.9 Å². The first kappa shape index (κ1) is 28.3. The Morgan fingerprint density at radius 1 is 0.900 bits per heavy atom. The Balaban J connectivity index is 1.12. The molecule has 2 heterocycles. The molecule has 0 aromatic heterocycles. The van der Waals surface area contributed by atoms with Crippen LogP contribution in [0.25, 0.3) is 0 Å². The molecule has 2 aliphatic rings. The van der Waals surface area contributed by atoms with Gasteiger partial charge in [-0.2, -0.15) is 0 Å². The minimum atomic E-state index is 0.112. The molecule has 7 nitrogen and oxygen atoms in total. The van der Waals surface area contributed by atoms with Crippen molar-refractivity contribution in [3.05, 3.63) is 83.9 Å². The smallest absolute Gasteiger partial charge is 0.142 e. The van der Waals surface area contributed by atoms with E-state index in [4.69, 9.17) is 23.7 Å². The molecule has 3 aromatic carbocycles. The fourth-order valence-electron chi connectivity index (χ4n) is 5.40. The van der Waals surface area contributed by atoms with Gasteiger partial charge in [-0.3, -0.25) is 0 Å². The number of nitrogens with zero attached hydrogens (tertiary/aromatic N) is 1. The van der Waals surface area contributed by atoms with Crippen LogP contribution in [0.15, 0.2) is 72.8 Å². The second kappa shape index (κ2) is 14.9. The third-order valence-electron chi connectivity index (χ3n) is 7.53. The van der Waals surface area contributed by atoms with Crippen LogP contribution in [0.4, 0.5) is 5.69 Å². The fourth-order valence-corrected chi connectivity index (χ4v) is 5.40. The quantitative estimate of drug-likeness (QED) is 0.271. The lowest BCUT2D eigenvalue weighted by Gasteiger charge is -2.33. The van der Waals surface area contributed by atoms with Crippen molar-refractivity contribution in [3.63, 3.8) is 0 Å². The van der Waals surface area contributed by atoms with E-state index < -0.39 is 0 Å². The third-order valence-corrected chi connectivity index (χ3v) is 7.53. The van der Waals surface area contributed by atoms with E-state index in [0.717, 1.165) is 81.6 Å². The molecule has 2 atom stereocenters. The first-order chi connectivity index (χ1) is 19.8. The average molecular weight is 547 g/mol. The lowest BCUT2D eigenvalue weighted by molar-refractivity contribution is 0.0106. The predicted molar refractivity (Wildman–Crippen MR) is 158 cm³/mol. The molecule has 0 spiro atoms. The topological polar surface area (TPSA) is 61.4 Å². The summed E-state index contributed by atoms with van der Waals surface area (Å²) in [7, 11) is 1.75. The van der Waals surface area contributed by atoms with Crippen molar-refractivity contribution in [1.82, 2.24) is 5.32 Å². The zero-order chi connectivity index (χ0) is 27.4. The maximum absolute atomic E-state index is 6.53. The van der Waals surface area contributed by atoms with E-state index in [2.05, 4.69) is 52.7 Å². The van der Waals surface area contributed by atoms with E-state index in [9.17, 15) is 0 Å². The summed E-state index contributed by atoms with van der Waals surface area (Å²) in [5.41, 5.74) is 3.63. The summed E-state index contributed by atoms with van der Waals surface area (Å²) in [5, 5.41) is 3.52. The summed E-state index contributed by atoms with van der Waals surface area (Å²) in [6.45, 7) is 7.04. The molecule has 7 heteroatoms. The number of ether oxygens (including phenoxy) is 5. The van der Waals surface area contributed by atoms with Gasteiger partial charge in [0.1, 0.15) is 23.9 Å². The van der Waals surface area contributed by atoms with Gasteiger partial charge >= 0.3 is 0 Å². The summed E-state index contributed by atoms with van der Waals surface area (Å²) >= 11 is 0. The highest BCUT2D eigenvalue weighted by Crippen LogP contribution is 2.34. The van der Waals surface area contributed by atoms with E-state index in [1.807, 2.05) is 30.3 Å². The largest absolute Gasteiger partial charge is 0.493 e. The Bertz CT molecular complexity index is 1160. The molecule has 2 aliphatic heterocycles. The number of fused-ring (bicyclic) bond motifs is 1. The standard InChI is InChI=1S/C33H42N2O5/c1-36-19-5-17-35-18-22-39-32-14-9-26(23-31(32)35)25-40-33-24-34-16-15-30(33)27-10-12-29(13-11-27)38-21-6-20-37-28-7-3-2-4-8-28/h2-4,7-14,23,30,33-34H,5-6,15-22,24-25H2,1H3/t30-,33+/m1/s1. The second-order valence-electron chi connectivity index (χ2n) is 10.4. The van der Waals surface area contributed by atoms with Crippen molar-refractivity contribution in [3.8, 4) is 17.2 Å². The van der Waals surface area contributed by atoms with Crippen LogP contribution in [-0.4, -0.2) is 65.8 Å². The predicted octanol–water partition coefficient (Wildman–Crippen LogP) is 5.43. The van der Waals surface area contributed by atoms with Crippen molar-refractivity contribution in [2.24, 2.45) is 0 Å². The molecule has 5 rings (SSSR count). The van der Waals surface area contributed by atoms with E-state index in [1.54, 1.807) is 7.11 Å². The molecule has 40 heavy (non-hydrogen) atoms. The number of rotatable bonds is 14. The molecule has 0 bridgehead atoms. The lowest BCUT2D eigenvalue weighted by Crippen LogP contribution is -2.41. The Morgan fingerprint density at radius 2 is 1.70 bits per heavy atom. The molecular formula is C33H42N2O5. The molecule has 0 saturated carbocycles. The van der Waals surface area contributed by atoms with Gasteiger partial charge in [-0.05, 0) is 66.9 Å². The van der Waals surface area contributed by atoms with Crippen LogP contribution >= 0.6 is 0 Å². The average Bonchev–Trinajstić information content (AvgIpc) is 3.01. The van der Waals surface area contributed by atoms with Gasteiger partial charge in [0.15, 0.2) is 0 Å². The Morgan fingerprint density at radius 3 is 2.50 bits per heavy atom. The zero-order valence-electron chi connectivity index (χ0n) is 23.6. The summed E-state index contributed by atoms with van der Waals surface area (Å²) < 4.78 is 29.4. The number of hydrogen-bond donors (Lipinski definition) is 1. The van der Waals surface area contributed by atoms with Gasteiger partial charge in [0.05, 0.1) is 38.2 Å². The number of benzene rings is 3. The molecule has 0 aliphatic carbocycles. The number of anilines is 1. The first-order valence-corrected chi connectivity index (χ1v) is 14.5.